The van der Waals surface area contributed by atoms with Gasteiger partial charge in [-0.3, -0.25) is 14.4 Å². The maximum Gasteiger partial charge on any atom is 0.243 e. The lowest BCUT2D eigenvalue weighted by atomic mass is 10.0. The van der Waals surface area contributed by atoms with E-state index in [9.17, 15) is 14.4 Å². The Hall–Kier alpha value is -3.15. The van der Waals surface area contributed by atoms with Crippen LogP contribution in [0, 0.1) is 0 Å². The van der Waals surface area contributed by atoms with Crippen molar-refractivity contribution in [2.75, 3.05) is 6.54 Å². The lowest BCUT2D eigenvalue weighted by Gasteiger charge is -2.19. The molecule has 0 aromatic heterocycles. The maximum atomic E-state index is 12.6. The zero-order valence-electron chi connectivity index (χ0n) is 14.7. The molecule has 0 fully saturated rings. The predicted molar refractivity (Wildman–Crippen MR) is 99.0 cm³/mol. The fraction of sp³-hybridized carbons (Fsp3) is 0.250. The number of amides is 3. The van der Waals surface area contributed by atoms with Crippen molar-refractivity contribution in [3.63, 3.8) is 0 Å². The minimum absolute atomic E-state index is 0.160. The number of carbonyl (C=O) groups excluding carboxylic acids is 3. The SMILES string of the molecule is CC(=O)NCC(=O)NC(Cc1ccccc1)C(=O)NCc1ccccc1. The molecule has 0 saturated heterocycles. The predicted octanol–water partition coefficient (Wildman–Crippen LogP) is 1.17. The standard InChI is InChI=1S/C20H23N3O3/c1-15(24)21-14-19(25)23-18(12-16-8-4-2-5-9-16)20(26)22-13-17-10-6-3-7-11-17/h2-11,18H,12-14H2,1H3,(H,21,24)(H,22,26)(H,23,25). The zero-order chi connectivity index (χ0) is 18.8. The Morgan fingerprint density at radius 1 is 0.846 bits per heavy atom. The Morgan fingerprint density at radius 3 is 2.00 bits per heavy atom. The third-order valence-corrected chi connectivity index (χ3v) is 3.74. The summed E-state index contributed by atoms with van der Waals surface area (Å²) in [4.78, 5) is 35.6. The summed E-state index contributed by atoms with van der Waals surface area (Å²) in [5, 5.41) is 7.97. The number of carbonyl (C=O) groups is 3. The molecule has 0 radical (unpaired) electrons. The quantitative estimate of drug-likeness (QED) is 0.666. The molecule has 1 atom stereocenters. The molecule has 136 valence electrons. The van der Waals surface area contributed by atoms with E-state index in [4.69, 9.17) is 0 Å². The van der Waals surface area contributed by atoms with Crippen LogP contribution in [0.25, 0.3) is 0 Å². The number of hydrogen-bond acceptors (Lipinski definition) is 3. The van der Waals surface area contributed by atoms with Gasteiger partial charge in [0.25, 0.3) is 0 Å². The van der Waals surface area contributed by atoms with E-state index >= 15 is 0 Å². The van der Waals surface area contributed by atoms with Gasteiger partial charge in [0.15, 0.2) is 0 Å². The molecule has 2 aromatic rings. The summed E-state index contributed by atoms with van der Waals surface area (Å²) in [6.45, 7) is 1.56. The Morgan fingerprint density at radius 2 is 1.42 bits per heavy atom. The first-order valence-corrected chi connectivity index (χ1v) is 8.44. The summed E-state index contributed by atoms with van der Waals surface area (Å²) in [7, 11) is 0. The van der Waals surface area contributed by atoms with E-state index in [-0.39, 0.29) is 18.4 Å². The van der Waals surface area contributed by atoms with Crippen LogP contribution in [0.15, 0.2) is 60.7 Å². The molecule has 6 nitrogen and oxygen atoms in total. The summed E-state index contributed by atoms with van der Waals surface area (Å²) < 4.78 is 0. The van der Waals surface area contributed by atoms with E-state index < -0.39 is 11.9 Å². The molecule has 0 heterocycles. The van der Waals surface area contributed by atoms with E-state index in [1.807, 2.05) is 60.7 Å². The van der Waals surface area contributed by atoms with E-state index in [2.05, 4.69) is 16.0 Å². The average Bonchev–Trinajstić information content (AvgIpc) is 2.65. The molecule has 0 aliphatic heterocycles. The van der Waals surface area contributed by atoms with Gasteiger partial charge in [-0.05, 0) is 11.1 Å². The van der Waals surface area contributed by atoms with Crippen molar-refractivity contribution in [1.82, 2.24) is 16.0 Å². The highest BCUT2D eigenvalue weighted by Crippen LogP contribution is 2.04. The molecule has 3 N–H and O–H groups in total. The van der Waals surface area contributed by atoms with Gasteiger partial charge >= 0.3 is 0 Å². The van der Waals surface area contributed by atoms with Gasteiger partial charge in [0.1, 0.15) is 6.04 Å². The van der Waals surface area contributed by atoms with Crippen LogP contribution in [0.3, 0.4) is 0 Å². The summed E-state index contributed by atoms with van der Waals surface area (Å²) in [5.74, 6) is -0.974. The van der Waals surface area contributed by atoms with Gasteiger partial charge in [-0.15, -0.1) is 0 Å². The van der Waals surface area contributed by atoms with Gasteiger partial charge in [-0.2, -0.15) is 0 Å². The number of benzene rings is 2. The molecule has 2 rings (SSSR count). The van der Waals surface area contributed by atoms with Crippen molar-refractivity contribution in [2.24, 2.45) is 0 Å². The molecule has 26 heavy (non-hydrogen) atoms. The molecule has 0 aliphatic carbocycles. The highest BCUT2D eigenvalue weighted by molar-refractivity contribution is 5.90. The molecule has 2 aromatic carbocycles. The highest BCUT2D eigenvalue weighted by Gasteiger charge is 2.21. The Bertz CT molecular complexity index is 732. The summed E-state index contributed by atoms with van der Waals surface area (Å²) in [6.07, 6.45) is 0.368. The summed E-state index contributed by atoms with van der Waals surface area (Å²) in [5.41, 5.74) is 1.91. The van der Waals surface area contributed by atoms with Crippen LogP contribution >= 0.6 is 0 Å². The summed E-state index contributed by atoms with van der Waals surface area (Å²) >= 11 is 0. The van der Waals surface area contributed by atoms with Crippen LogP contribution in [0.2, 0.25) is 0 Å². The minimum atomic E-state index is -0.720. The third kappa shape index (κ3) is 6.76. The zero-order valence-corrected chi connectivity index (χ0v) is 14.7. The van der Waals surface area contributed by atoms with Gasteiger partial charge in [0.2, 0.25) is 17.7 Å². The van der Waals surface area contributed by atoms with Gasteiger partial charge in [-0.25, -0.2) is 0 Å². The second-order valence-electron chi connectivity index (χ2n) is 5.92. The first kappa shape index (κ1) is 19.2. The lowest BCUT2D eigenvalue weighted by molar-refractivity contribution is -0.129. The molecular formula is C20H23N3O3. The molecule has 0 aliphatic rings. The van der Waals surface area contributed by atoms with Gasteiger partial charge in [0.05, 0.1) is 6.54 Å². The average molecular weight is 353 g/mol. The van der Waals surface area contributed by atoms with Crippen LogP contribution in [-0.4, -0.2) is 30.3 Å². The van der Waals surface area contributed by atoms with Crippen LogP contribution in [0.4, 0.5) is 0 Å². The van der Waals surface area contributed by atoms with Crippen molar-refractivity contribution >= 4 is 17.7 Å². The number of nitrogens with one attached hydrogen (secondary N) is 3. The Balaban J connectivity index is 1.99. The monoisotopic (exact) mass is 353 g/mol. The van der Waals surface area contributed by atoms with E-state index in [1.165, 1.54) is 6.92 Å². The molecule has 6 heteroatoms. The molecule has 0 bridgehead atoms. The van der Waals surface area contributed by atoms with E-state index in [1.54, 1.807) is 0 Å². The van der Waals surface area contributed by atoms with Gasteiger partial charge in [0, 0.05) is 19.9 Å². The van der Waals surface area contributed by atoms with Crippen LogP contribution in [0.5, 0.6) is 0 Å². The molecule has 3 amide bonds. The normalized spacial score (nSPS) is 11.3. The molecule has 0 saturated carbocycles. The molecule has 0 spiro atoms. The van der Waals surface area contributed by atoms with E-state index in [0.29, 0.717) is 13.0 Å². The third-order valence-electron chi connectivity index (χ3n) is 3.74. The maximum absolute atomic E-state index is 12.6. The Labute approximate surface area is 153 Å². The topological polar surface area (TPSA) is 87.3 Å². The summed E-state index contributed by atoms with van der Waals surface area (Å²) in [6, 6.07) is 18.3. The van der Waals surface area contributed by atoms with Crippen molar-refractivity contribution in [2.45, 2.75) is 25.9 Å². The van der Waals surface area contributed by atoms with Crippen LogP contribution < -0.4 is 16.0 Å². The fourth-order valence-corrected chi connectivity index (χ4v) is 2.42. The number of rotatable bonds is 8. The smallest absolute Gasteiger partial charge is 0.243 e. The van der Waals surface area contributed by atoms with Crippen molar-refractivity contribution in [1.29, 1.82) is 0 Å². The Kier molecular flexibility index (Phi) is 7.36. The first-order valence-electron chi connectivity index (χ1n) is 8.44. The first-order chi connectivity index (χ1) is 12.5. The fourth-order valence-electron chi connectivity index (χ4n) is 2.42. The second-order valence-corrected chi connectivity index (χ2v) is 5.92. The van der Waals surface area contributed by atoms with E-state index in [0.717, 1.165) is 11.1 Å². The largest absolute Gasteiger partial charge is 0.350 e. The van der Waals surface area contributed by atoms with Crippen molar-refractivity contribution in [3.8, 4) is 0 Å². The second kappa shape index (κ2) is 9.98. The molecular weight excluding hydrogens is 330 g/mol. The van der Waals surface area contributed by atoms with Crippen LogP contribution in [0.1, 0.15) is 18.1 Å². The molecule has 1 unspecified atom stereocenters. The lowest BCUT2D eigenvalue weighted by Crippen LogP contribution is -2.50. The van der Waals surface area contributed by atoms with Gasteiger partial charge < -0.3 is 16.0 Å². The van der Waals surface area contributed by atoms with Gasteiger partial charge in [-0.1, -0.05) is 60.7 Å². The highest BCUT2D eigenvalue weighted by atomic mass is 16.2. The minimum Gasteiger partial charge on any atom is -0.350 e. The van der Waals surface area contributed by atoms with Crippen molar-refractivity contribution < 1.29 is 14.4 Å². The number of hydrogen-bond donors (Lipinski definition) is 3. The van der Waals surface area contributed by atoms with Crippen molar-refractivity contribution in [3.05, 3.63) is 71.8 Å². The van der Waals surface area contributed by atoms with Crippen LogP contribution in [-0.2, 0) is 27.3 Å².